The van der Waals surface area contributed by atoms with Gasteiger partial charge in [-0.25, -0.2) is 9.59 Å². The van der Waals surface area contributed by atoms with Crippen molar-refractivity contribution in [3.05, 3.63) is 23.3 Å². The van der Waals surface area contributed by atoms with Crippen molar-refractivity contribution in [2.45, 2.75) is 37.8 Å². The molecule has 0 aliphatic carbocycles. The predicted molar refractivity (Wildman–Crippen MR) is 159 cm³/mol. The monoisotopic (exact) mass is 650 g/mol. The minimum absolute atomic E-state index is 0.0515. The standard InChI is InChI=1S/C24H31N11O7S2/c1-24(2,21(39)40)42-31-16(18-30-22(27)44-32-18)15(37)6-12-19(38)35-14(9-36)11(10-43-20(12)35)7-34-8-13(17(26)33(34)3)29-23(41)28-5-4-25/h8-9,12,20,26H,4-7,10,25H2,1-3H3,(H5,27,28,29,30,32,39,40,41)/p+1/b31-16+/t12-,20?/m0/s1. The molecule has 236 valence electrons. The number of aliphatic carboxylic acids is 1. The number of hydrogen-bond acceptors (Lipinski definition) is 14. The van der Waals surface area contributed by atoms with Crippen molar-refractivity contribution in [1.82, 2.24) is 24.3 Å². The van der Waals surface area contributed by atoms with Gasteiger partial charge in [0.15, 0.2) is 41.0 Å². The molecule has 0 spiro atoms. The van der Waals surface area contributed by atoms with Gasteiger partial charge in [-0.1, -0.05) is 5.16 Å². The minimum Gasteiger partial charge on any atom is -0.478 e. The molecular formula is C24H32N11O7S2+. The van der Waals surface area contributed by atoms with Crippen molar-refractivity contribution in [2.24, 2.45) is 23.9 Å². The Balaban J connectivity index is 1.50. The lowest BCUT2D eigenvalue weighted by Gasteiger charge is -2.49. The second kappa shape index (κ2) is 13.0. The minimum atomic E-state index is -1.76. The highest BCUT2D eigenvalue weighted by Gasteiger charge is 2.53. The Morgan fingerprint density at radius 1 is 1.34 bits per heavy atom. The Morgan fingerprint density at radius 2 is 2.07 bits per heavy atom. The van der Waals surface area contributed by atoms with Gasteiger partial charge in [0.05, 0.1) is 24.0 Å². The SMILES string of the molecule is Cn1c(N)c(NC(=O)NCCN)c[n+]1CC1=C(C=O)N2C(=O)[C@H](CC(=O)/C(=N\OC(C)(C)C(=O)O)c3nsc(N)n3)C2SC1. The molecule has 3 amide bonds. The molecule has 0 aromatic carbocycles. The fourth-order valence-corrected chi connectivity index (χ4v) is 6.17. The van der Waals surface area contributed by atoms with E-state index in [9.17, 15) is 29.1 Å². The lowest BCUT2D eigenvalue weighted by atomic mass is 9.89. The number of amides is 3. The second-order valence-corrected chi connectivity index (χ2v) is 12.2. The molecule has 2 aliphatic heterocycles. The van der Waals surface area contributed by atoms with E-state index in [4.69, 9.17) is 22.0 Å². The Labute approximate surface area is 258 Å². The largest absolute Gasteiger partial charge is 0.478 e. The third-order valence-electron chi connectivity index (χ3n) is 6.84. The summed E-state index contributed by atoms with van der Waals surface area (Å²) in [5.74, 6) is -2.73. The number of thioether (sulfide) groups is 1. The van der Waals surface area contributed by atoms with Gasteiger partial charge in [0.25, 0.3) is 0 Å². The van der Waals surface area contributed by atoms with Gasteiger partial charge in [0.1, 0.15) is 0 Å². The van der Waals surface area contributed by atoms with Gasteiger partial charge in [0, 0.05) is 42.4 Å². The molecule has 9 N–H and O–H groups in total. The molecule has 2 atom stereocenters. The van der Waals surface area contributed by atoms with Crippen LogP contribution in [0.1, 0.15) is 26.1 Å². The van der Waals surface area contributed by atoms with Crippen LogP contribution in [0, 0.1) is 5.92 Å². The van der Waals surface area contributed by atoms with Crippen LogP contribution >= 0.6 is 23.3 Å². The molecule has 1 unspecified atom stereocenters. The first-order valence-electron chi connectivity index (χ1n) is 13.1. The van der Waals surface area contributed by atoms with Crippen molar-refractivity contribution in [3.63, 3.8) is 0 Å². The molecule has 1 fully saturated rings. The summed E-state index contributed by atoms with van der Waals surface area (Å²) in [6.45, 7) is 3.25. The molecule has 20 heteroatoms. The average Bonchev–Trinajstić information content (AvgIpc) is 3.52. The number of aromatic nitrogens is 4. The molecule has 4 rings (SSSR count). The van der Waals surface area contributed by atoms with Gasteiger partial charge in [0.2, 0.25) is 23.5 Å². The normalized spacial score (nSPS) is 18.4. The van der Waals surface area contributed by atoms with Crippen LogP contribution in [0.15, 0.2) is 22.6 Å². The number of carbonyl (C=O) groups excluding carboxylic acids is 4. The van der Waals surface area contributed by atoms with E-state index in [1.807, 2.05) is 0 Å². The molecule has 1 saturated heterocycles. The number of carbonyl (C=O) groups is 5. The van der Waals surface area contributed by atoms with Crippen LogP contribution in [0.5, 0.6) is 0 Å². The highest BCUT2D eigenvalue weighted by molar-refractivity contribution is 8.00. The molecule has 2 aliphatic rings. The number of allylic oxidation sites excluding steroid dienone is 1. The fraction of sp³-hybridized carbons (Fsp3) is 0.458. The number of Topliss-reactive ketones (excluding diaryl/α,β-unsaturated/α-hetero) is 1. The molecule has 0 radical (unpaired) electrons. The third kappa shape index (κ3) is 6.50. The summed E-state index contributed by atoms with van der Waals surface area (Å²) < 4.78 is 7.26. The lowest BCUT2D eigenvalue weighted by molar-refractivity contribution is -0.765. The number of β-lactam (4-membered cyclic amide) rings is 1. The highest BCUT2D eigenvalue weighted by Crippen LogP contribution is 2.44. The summed E-state index contributed by atoms with van der Waals surface area (Å²) in [4.78, 5) is 72.7. The van der Waals surface area contributed by atoms with Gasteiger partial charge in [-0.2, -0.15) is 9.36 Å². The highest BCUT2D eigenvalue weighted by atomic mass is 32.2. The zero-order chi connectivity index (χ0) is 32.3. The smallest absolute Gasteiger partial charge is 0.350 e. The first kappa shape index (κ1) is 32.4. The number of ketones is 1. The molecule has 2 aromatic rings. The van der Waals surface area contributed by atoms with Crippen LogP contribution in [0.3, 0.4) is 0 Å². The van der Waals surface area contributed by atoms with E-state index in [1.54, 1.807) is 22.6 Å². The molecule has 18 nitrogen and oxygen atoms in total. The van der Waals surface area contributed by atoms with Gasteiger partial charge in [-0.3, -0.25) is 24.6 Å². The third-order valence-corrected chi connectivity index (χ3v) is 8.78. The van der Waals surface area contributed by atoms with Gasteiger partial charge < -0.3 is 32.5 Å². The average molecular weight is 651 g/mol. The van der Waals surface area contributed by atoms with Crippen LogP contribution in [0.4, 0.5) is 21.4 Å². The summed E-state index contributed by atoms with van der Waals surface area (Å²) in [5.41, 5.74) is 16.3. The number of carboxylic acids is 1. The number of anilines is 3. The number of nitrogens with two attached hydrogens (primary N) is 3. The number of nitrogen functional groups attached to an aromatic ring is 2. The number of carboxylic acid groups (broad SMARTS) is 1. The molecule has 0 bridgehead atoms. The molecule has 2 aromatic heterocycles. The predicted octanol–water partition coefficient (Wildman–Crippen LogP) is -1.36. The Kier molecular flexibility index (Phi) is 9.54. The number of hydrogen-bond donors (Lipinski definition) is 6. The molecule has 0 saturated carbocycles. The number of nitrogens with zero attached hydrogens (tertiary/aromatic N) is 6. The molecule has 44 heavy (non-hydrogen) atoms. The van der Waals surface area contributed by atoms with Crippen LogP contribution in [0.2, 0.25) is 0 Å². The number of nitrogens with one attached hydrogen (secondary N) is 2. The molecular weight excluding hydrogens is 618 g/mol. The Hall–Kier alpha value is -4.56. The van der Waals surface area contributed by atoms with Crippen LogP contribution in [-0.4, -0.2) is 89.6 Å². The lowest BCUT2D eigenvalue weighted by Crippen LogP contribution is -2.61. The van der Waals surface area contributed by atoms with Crippen molar-refractivity contribution >= 4 is 75.6 Å². The summed E-state index contributed by atoms with van der Waals surface area (Å²) in [7, 11) is 1.68. The van der Waals surface area contributed by atoms with E-state index in [2.05, 4.69) is 25.1 Å². The summed E-state index contributed by atoms with van der Waals surface area (Å²) in [5, 5.41) is 17.9. The van der Waals surface area contributed by atoms with Gasteiger partial charge in [-0.15, -0.1) is 21.1 Å². The van der Waals surface area contributed by atoms with Crippen LogP contribution < -0.4 is 32.5 Å². The number of urea groups is 1. The van der Waals surface area contributed by atoms with E-state index >= 15 is 0 Å². The zero-order valence-electron chi connectivity index (χ0n) is 24.0. The summed E-state index contributed by atoms with van der Waals surface area (Å²) >= 11 is 2.18. The number of aldehydes is 1. The van der Waals surface area contributed by atoms with E-state index in [0.29, 0.717) is 23.3 Å². The first-order valence-corrected chi connectivity index (χ1v) is 14.9. The first-order chi connectivity index (χ1) is 20.8. The maximum absolute atomic E-state index is 13.3. The molecule has 4 heterocycles. The maximum Gasteiger partial charge on any atom is 0.350 e. The van der Waals surface area contributed by atoms with Crippen molar-refractivity contribution in [3.8, 4) is 0 Å². The second-order valence-electron chi connectivity index (χ2n) is 10.3. The van der Waals surface area contributed by atoms with Crippen molar-refractivity contribution < 1.29 is 38.6 Å². The number of oxime groups is 1. The van der Waals surface area contributed by atoms with E-state index in [-0.39, 0.29) is 54.2 Å². The number of fused-ring (bicyclic) bond motifs is 1. The summed E-state index contributed by atoms with van der Waals surface area (Å²) in [6.07, 6.45) is 1.89. The fourth-order valence-electron chi connectivity index (χ4n) is 4.31. The van der Waals surface area contributed by atoms with Gasteiger partial charge in [-0.05, 0) is 13.8 Å². The van der Waals surface area contributed by atoms with Crippen LogP contribution in [0.25, 0.3) is 0 Å². The van der Waals surface area contributed by atoms with E-state index in [0.717, 1.165) is 11.5 Å². The van der Waals surface area contributed by atoms with E-state index < -0.39 is 40.6 Å². The van der Waals surface area contributed by atoms with E-state index in [1.165, 1.54) is 30.5 Å². The Morgan fingerprint density at radius 3 is 2.68 bits per heavy atom. The van der Waals surface area contributed by atoms with Crippen LogP contribution in [-0.2, 0) is 37.6 Å². The topological polar surface area (TPSA) is 267 Å². The quantitative estimate of drug-likeness (QED) is 0.0481. The Bertz CT molecular complexity index is 1560. The maximum atomic E-state index is 13.3. The van der Waals surface area contributed by atoms with Crippen molar-refractivity contribution in [2.75, 3.05) is 35.6 Å². The summed E-state index contributed by atoms with van der Waals surface area (Å²) in [6, 6.07) is -0.477. The number of rotatable bonds is 13. The van der Waals surface area contributed by atoms with Crippen molar-refractivity contribution in [1.29, 1.82) is 0 Å². The van der Waals surface area contributed by atoms with Gasteiger partial charge >= 0.3 is 12.0 Å². The zero-order valence-corrected chi connectivity index (χ0v) is 25.6.